The molecule has 164 valence electrons. The summed E-state index contributed by atoms with van der Waals surface area (Å²) in [5.74, 6) is -0.913. The van der Waals surface area contributed by atoms with Crippen molar-refractivity contribution in [1.82, 2.24) is 9.55 Å². The molecule has 2 N–H and O–H groups in total. The summed E-state index contributed by atoms with van der Waals surface area (Å²) >= 11 is 6.00. The van der Waals surface area contributed by atoms with Crippen molar-refractivity contribution in [3.05, 3.63) is 112 Å². The molecule has 0 radical (unpaired) electrons. The van der Waals surface area contributed by atoms with Gasteiger partial charge in [0, 0.05) is 47.2 Å². The first-order valence-electron chi connectivity index (χ1n) is 9.66. The zero-order chi connectivity index (χ0) is 23.4. The van der Waals surface area contributed by atoms with Crippen molar-refractivity contribution in [3.8, 4) is 5.69 Å². The first-order chi connectivity index (χ1) is 15.9. The van der Waals surface area contributed by atoms with Gasteiger partial charge in [0.05, 0.1) is 21.8 Å². The van der Waals surface area contributed by atoms with E-state index in [1.165, 1.54) is 12.1 Å². The van der Waals surface area contributed by atoms with E-state index in [1.807, 2.05) is 22.9 Å². The third-order valence-electron chi connectivity index (χ3n) is 4.74. The first kappa shape index (κ1) is 21.7. The number of nitro benzene ring substituents is 1. The molecular weight excluding hydrogens is 446 g/mol. The monoisotopic (exact) mass is 461 g/mol. The lowest BCUT2D eigenvalue weighted by Crippen LogP contribution is -2.14. The van der Waals surface area contributed by atoms with Gasteiger partial charge in [-0.25, -0.2) is 4.98 Å². The second-order valence-corrected chi connectivity index (χ2v) is 7.33. The summed E-state index contributed by atoms with van der Waals surface area (Å²) in [6, 6.07) is 17.1. The Labute approximate surface area is 192 Å². The summed E-state index contributed by atoms with van der Waals surface area (Å²) in [6.45, 7) is 0. The lowest BCUT2D eigenvalue weighted by atomic mass is 10.1. The van der Waals surface area contributed by atoms with Crippen LogP contribution in [0, 0.1) is 10.1 Å². The minimum Gasteiger partial charge on any atom is -0.322 e. The highest BCUT2D eigenvalue weighted by Gasteiger charge is 2.16. The molecule has 3 aromatic carbocycles. The molecule has 2 amide bonds. The number of hydrogen-bond donors (Lipinski definition) is 2. The van der Waals surface area contributed by atoms with Gasteiger partial charge < -0.3 is 15.2 Å². The number of nitro groups is 1. The number of amides is 2. The standard InChI is InChI=1S/C23H16ClN5O4/c24-21-10-9-19(29(32)33)13-20(21)23(31)27-16-3-1-15(2-4-16)22(30)26-17-5-7-18(8-6-17)28-12-11-25-14-28/h1-14H,(H,26,30)(H,27,31). The summed E-state index contributed by atoms with van der Waals surface area (Å²) < 4.78 is 1.85. The van der Waals surface area contributed by atoms with Gasteiger partial charge in [-0.2, -0.15) is 0 Å². The molecule has 4 aromatic rings. The van der Waals surface area contributed by atoms with E-state index in [4.69, 9.17) is 11.6 Å². The fourth-order valence-electron chi connectivity index (χ4n) is 3.04. The molecule has 0 unspecified atom stereocenters. The van der Waals surface area contributed by atoms with Crippen LogP contribution in [0.2, 0.25) is 5.02 Å². The van der Waals surface area contributed by atoms with E-state index < -0.39 is 10.8 Å². The Hall–Kier alpha value is -4.50. The molecule has 0 spiro atoms. The molecule has 0 atom stereocenters. The summed E-state index contributed by atoms with van der Waals surface area (Å²) in [7, 11) is 0. The van der Waals surface area contributed by atoms with Gasteiger partial charge in [0.25, 0.3) is 17.5 Å². The number of halogens is 1. The molecule has 0 saturated carbocycles. The molecule has 4 rings (SSSR count). The van der Waals surface area contributed by atoms with Crippen LogP contribution in [0.4, 0.5) is 17.1 Å². The van der Waals surface area contributed by atoms with Crippen LogP contribution in [0.3, 0.4) is 0 Å². The van der Waals surface area contributed by atoms with E-state index >= 15 is 0 Å². The Balaban J connectivity index is 1.41. The number of hydrogen-bond acceptors (Lipinski definition) is 5. The summed E-state index contributed by atoms with van der Waals surface area (Å²) in [4.78, 5) is 39.3. The van der Waals surface area contributed by atoms with Crippen LogP contribution in [0.25, 0.3) is 5.69 Å². The number of anilines is 2. The predicted molar refractivity (Wildman–Crippen MR) is 124 cm³/mol. The van der Waals surface area contributed by atoms with E-state index in [2.05, 4.69) is 15.6 Å². The number of nitrogens with one attached hydrogen (secondary N) is 2. The Morgan fingerprint density at radius 2 is 1.55 bits per heavy atom. The largest absolute Gasteiger partial charge is 0.322 e. The van der Waals surface area contributed by atoms with Crippen molar-refractivity contribution in [1.29, 1.82) is 0 Å². The van der Waals surface area contributed by atoms with Crippen molar-refractivity contribution in [3.63, 3.8) is 0 Å². The van der Waals surface area contributed by atoms with Crippen LogP contribution < -0.4 is 10.6 Å². The molecule has 0 bridgehead atoms. The van der Waals surface area contributed by atoms with Crippen molar-refractivity contribution in [2.24, 2.45) is 0 Å². The number of rotatable bonds is 6. The van der Waals surface area contributed by atoms with Gasteiger partial charge in [-0.15, -0.1) is 0 Å². The fraction of sp³-hybridized carbons (Fsp3) is 0. The van der Waals surface area contributed by atoms with Gasteiger partial charge in [-0.05, 0) is 54.6 Å². The van der Waals surface area contributed by atoms with Gasteiger partial charge in [-0.1, -0.05) is 11.6 Å². The normalized spacial score (nSPS) is 10.5. The molecule has 10 heteroatoms. The number of carbonyl (C=O) groups excluding carboxylic acids is 2. The molecule has 9 nitrogen and oxygen atoms in total. The van der Waals surface area contributed by atoms with Crippen LogP contribution in [0.15, 0.2) is 85.5 Å². The Bertz CT molecular complexity index is 1320. The third kappa shape index (κ3) is 5.05. The average molecular weight is 462 g/mol. The molecule has 0 fully saturated rings. The second-order valence-electron chi connectivity index (χ2n) is 6.92. The lowest BCUT2D eigenvalue weighted by Gasteiger charge is -2.09. The predicted octanol–water partition coefficient (Wildman–Crippen LogP) is 4.94. The minimum atomic E-state index is -0.605. The van der Waals surface area contributed by atoms with Gasteiger partial charge in [0.15, 0.2) is 0 Å². The smallest absolute Gasteiger partial charge is 0.270 e. The minimum absolute atomic E-state index is 0.0215. The van der Waals surface area contributed by atoms with Crippen LogP contribution >= 0.6 is 11.6 Å². The molecule has 1 heterocycles. The van der Waals surface area contributed by atoms with E-state index in [1.54, 1.807) is 48.9 Å². The van der Waals surface area contributed by atoms with Crippen molar-refractivity contribution >= 4 is 40.5 Å². The average Bonchev–Trinajstić information content (AvgIpc) is 3.35. The van der Waals surface area contributed by atoms with Gasteiger partial charge in [0.1, 0.15) is 0 Å². The molecule has 0 aliphatic carbocycles. The summed E-state index contributed by atoms with van der Waals surface area (Å²) in [5, 5.41) is 16.5. The highest BCUT2D eigenvalue weighted by Crippen LogP contribution is 2.23. The quantitative estimate of drug-likeness (QED) is 0.311. The van der Waals surface area contributed by atoms with E-state index in [0.717, 1.165) is 11.8 Å². The van der Waals surface area contributed by atoms with E-state index in [-0.39, 0.29) is 22.2 Å². The van der Waals surface area contributed by atoms with Crippen LogP contribution in [-0.4, -0.2) is 26.3 Å². The van der Waals surface area contributed by atoms with Crippen LogP contribution in [0.1, 0.15) is 20.7 Å². The van der Waals surface area contributed by atoms with E-state index in [9.17, 15) is 19.7 Å². The molecule has 0 saturated heterocycles. The van der Waals surface area contributed by atoms with Crippen LogP contribution in [0.5, 0.6) is 0 Å². The maximum absolute atomic E-state index is 12.5. The molecular formula is C23H16ClN5O4. The van der Waals surface area contributed by atoms with Crippen molar-refractivity contribution in [2.45, 2.75) is 0 Å². The van der Waals surface area contributed by atoms with Gasteiger partial charge >= 0.3 is 0 Å². The fourth-order valence-corrected chi connectivity index (χ4v) is 3.24. The SMILES string of the molecule is O=C(Nc1ccc(-n2ccnc2)cc1)c1ccc(NC(=O)c2cc([N+](=O)[O-])ccc2Cl)cc1. The molecule has 0 aliphatic heterocycles. The highest BCUT2D eigenvalue weighted by atomic mass is 35.5. The van der Waals surface area contributed by atoms with Gasteiger partial charge in [-0.3, -0.25) is 19.7 Å². The number of nitrogens with zero attached hydrogens (tertiary/aromatic N) is 3. The second kappa shape index (κ2) is 9.33. The van der Waals surface area contributed by atoms with Crippen molar-refractivity contribution < 1.29 is 14.5 Å². The Kier molecular flexibility index (Phi) is 6.14. The number of aromatic nitrogens is 2. The third-order valence-corrected chi connectivity index (χ3v) is 5.07. The Morgan fingerprint density at radius 1 is 0.909 bits per heavy atom. The first-order valence-corrected chi connectivity index (χ1v) is 10.0. The van der Waals surface area contributed by atoms with Gasteiger partial charge in [0.2, 0.25) is 0 Å². The Morgan fingerprint density at radius 3 is 2.15 bits per heavy atom. The number of carbonyl (C=O) groups is 2. The summed E-state index contributed by atoms with van der Waals surface area (Å²) in [6.07, 6.45) is 5.18. The molecule has 1 aromatic heterocycles. The number of non-ortho nitro benzene ring substituents is 1. The lowest BCUT2D eigenvalue weighted by molar-refractivity contribution is -0.384. The van der Waals surface area contributed by atoms with E-state index in [0.29, 0.717) is 16.9 Å². The maximum atomic E-state index is 12.5. The molecule has 33 heavy (non-hydrogen) atoms. The zero-order valence-corrected chi connectivity index (χ0v) is 17.7. The number of imidazole rings is 1. The highest BCUT2D eigenvalue weighted by molar-refractivity contribution is 6.34. The summed E-state index contributed by atoms with van der Waals surface area (Å²) in [5.41, 5.74) is 2.07. The topological polar surface area (TPSA) is 119 Å². The number of benzene rings is 3. The zero-order valence-electron chi connectivity index (χ0n) is 16.9. The van der Waals surface area contributed by atoms with Crippen molar-refractivity contribution in [2.75, 3.05) is 10.6 Å². The van der Waals surface area contributed by atoms with Crippen LogP contribution in [-0.2, 0) is 0 Å². The maximum Gasteiger partial charge on any atom is 0.270 e. The molecule has 0 aliphatic rings.